The second-order valence-corrected chi connectivity index (χ2v) is 5.14. The Hall–Kier alpha value is -2.49. The minimum absolute atomic E-state index is 0.516. The van der Waals surface area contributed by atoms with E-state index in [0.717, 1.165) is 40.7 Å². The van der Waals surface area contributed by atoms with Crippen molar-refractivity contribution in [2.24, 2.45) is 0 Å². The third kappa shape index (κ3) is 2.77. The molecule has 0 radical (unpaired) electrons. The summed E-state index contributed by atoms with van der Waals surface area (Å²) in [4.78, 5) is 0. The fourth-order valence-corrected chi connectivity index (χ4v) is 2.52. The van der Waals surface area contributed by atoms with Crippen LogP contribution in [0.25, 0.3) is 11.0 Å². The van der Waals surface area contributed by atoms with E-state index in [0.29, 0.717) is 12.5 Å². The van der Waals surface area contributed by atoms with Crippen molar-refractivity contribution in [2.75, 3.05) is 7.11 Å². The summed E-state index contributed by atoms with van der Waals surface area (Å²) in [5.41, 5.74) is 2.94. The number of fused-ring (bicyclic) bond motifs is 1. The summed E-state index contributed by atoms with van der Waals surface area (Å²) >= 11 is 0. The number of methoxy groups -OCH3 is 1. The second kappa shape index (κ2) is 6.52. The van der Waals surface area contributed by atoms with Gasteiger partial charge >= 0.3 is 0 Å². The molecule has 4 heteroatoms. The van der Waals surface area contributed by atoms with Crippen molar-refractivity contribution in [3.8, 4) is 11.6 Å². The Morgan fingerprint density at radius 1 is 1.09 bits per heavy atom. The lowest BCUT2D eigenvalue weighted by Crippen LogP contribution is -1.99. The molecule has 2 aromatic carbocycles. The van der Waals surface area contributed by atoms with E-state index in [4.69, 9.17) is 14.0 Å². The topological polar surface area (TPSA) is 44.5 Å². The van der Waals surface area contributed by atoms with Gasteiger partial charge in [-0.05, 0) is 29.3 Å². The third-order valence-electron chi connectivity index (χ3n) is 3.60. The number of rotatable bonds is 6. The highest BCUT2D eigenvalue weighted by atomic mass is 16.5. The first-order chi connectivity index (χ1) is 10.8. The zero-order valence-electron chi connectivity index (χ0n) is 12.8. The molecule has 22 heavy (non-hydrogen) atoms. The quantitative estimate of drug-likeness (QED) is 0.677. The Kier molecular flexibility index (Phi) is 4.28. The largest absolute Gasteiger partial charge is 0.488 e. The smallest absolute Gasteiger partial charge is 0.261 e. The van der Waals surface area contributed by atoms with Gasteiger partial charge in [0.25, 0.3) is 5.88 Å². The number of benzene rings is 2. The molecule has 0 fully saturated rings. The normalized spacial score (nSPS) is 10.8. The lowest BCUT2D eigenvalue weighted by molar-refractivity contribution is 0.302. The summed E-state index contributed by atoms with van der Waals surface area (Å²) < 4.78 is 16.7. The van der Waals surface area contributed by atoms with Crippen molar-refractivity contribution in [1.82, 2.24) is 5.16 Å². The van der Waals surface area contributed by atoms with Gasteiger partial charge in [-0.2, -0.15) is 0 Å². The molecule has 0 unspecified atom stereocenters. The molecule has 0 aliphatic carbocycles. The molecule has 114 valence electrons. The van der Waals surface area contributed by atoms with Crippen LogP contribution in [0.2, 0.25) is 0 Å². The molecule has 4 nitrogen and oxygen atoms in total. The zero-order valence-corrected chi connectivity index (χ0v) is 12.8. The van der Waals surface area contributed by atoms with Gasteiger partial charge in [0.1, 0.15) is 12.4 Å². The molecule has 1 aromatic heterocycles. The Morgan fingerprint density at radius 2 is 1.91 bits per heavy atom. The van der Waals surface area contributed by atoms with Gasteiger partial charge in [-0.25, -0.2) is 0 Å². The summed E-state index contributed by atoms with van der Waals surface area (Å²) in [5.74, 6) is 1.36. The van der Waals surface area contributed by atoms with Crippen LogP contribution in [0.15, 0.2) is 47.0 Å². The second-order valence-electron chi connectivity index (χ2n) is 5.14. The molecule has 0 aliphatic heterocycles. The van der Waals surface area contributed by atoms with Crippen LogP contribution in [0.4, 0.5) is 0 Å². The van der Waals surface area contributed by atoms with Crippen LogP contribution in [-0.4, -0.2) is 12.3 Å². The van der Waals surface area contributed by atoms with Crippen molar-refractivity contribution in [3.05, 3.63) is 53.6 Å². The number of hydrogen-bond donors (Lipinski definition) is 0. The highest BCUT2D eigenvalue weighted by Crippen LogP contribution is 2.34. The number of aromatic nitrogens is 1. The minimum Gasteiger partial charge on any atom is -0.488 e. The molecular weight excluding hydrogens is 278 g/mol. The van der Waals surface area contributed by atoms with Crippen molar-refractivity contribution >= 4 is 11.0 Å². The van der Waals surface area contributed by atoms with Crippen LogP contribution in [-0.2, 0) is 13.0 Å². The SMILES string of the molecule is CCCc1c(OCc2ccccc2)ccc2c(OC)noc12. The first-order valence-electron chi connectivity index (χ1n) is 7.45. The van der Waals surface area contributed by atoms with Crippen LogP contribution < -0.4 is 9.47 Å². The van der Waals surface area contributed by atoms with Crippen LogP contribution in [0.5, 0.6) is 11.6 Å². The van der Waals surface area contributed by atoms with Crippen molar-refractivity contribution in [3.63, 3.8) is 0 Å². The molecular formula is C18H19NO3. The predicted octanol–water partition coefficient (Wildman–Crippen LogP) is 4.37. The third-order valence-corrected chi connectivity index (χ3v) is 3.60. The summed E-state index contributed by atoms with van der Waals surface area (Å²) in [6.45, 7) is 2.67. The Morgan fingerprint density at radius 3 is 2.64 bits per heavy atom. The van der Waals surface area contributed by atoms with Crippen molar-refractivity contribution in [1.29, 1.82) is 0 Å². The van der Waals surface area contributed by atoms with Gasteiger partial charge in [0.2, 0.25) is 0 Å². The number of ether oxygens (including phenoxy) is 2. The zero-order chi connectivity index (χ0) is 15.4. The van der Waals surface area contributed by atoms with E-state index in [-0.39, 0.29) is 0 Å². The van der Waals surface area contributed by atoms with Gasteiger partial charge in [0.05, 0.1) is 12.5 Å². The number of hydrogen-bond acceptors (Lipinski definition) is 4. The van der Waals surface area contributed by atoms with Crippen LogP contribution in [0, 0.1) is 0 Å². The van der Waals surface area contributed by atoms with E-state index in [1.807, 2.05) is 30.3 Å². The maximum Gasteiger partial charge on any atom is 0.261 e. The molecule has 0 aliphatic rings. The molecule has 0 spiro atoms. The minimum atomic E-state index is 0.516. The maximum atomic E-state index is 6.00. The highest BCUT2D eigenvalue weighted by Gasteiger charge is 2.16. The Labute approximate surface area is 129 Å². The summed E-state index contributed by atoms with van der Waals surface area (Å²) in [7, 11) is 1.59. The maximum absolute atomic E-state index is 6.00. The highest BCUT2D eigenvalue weighted by molar-refractivity contribution is 5.86. The standard InChI is InChI=1S/C18H19NO3/c1-3-7-14-16(21-12-13-8-5-4-6-9-13)11-10-15-17(14)22-19-18(15)20-2/h4-6,8-11H,3,7,12H2,1-2H3. The number of nitrogens with zero attached hydrogens (tertiary/aromatic N) is 1. The predicted molar refractivity (Wildman–Crippen MR) is 85.3 cm³/mol. The average molecular weight is 297 g/mol. The molecule has 0 bridgehead atoms. The van der Waals surface area contributed by atoms with E-state index in [9.17, 15) is 0 Å². The van der Waals surface area contributed by atoms with E-state index in [2.05, 4.69) is 24.2 Å². The van der Waals surface area contributed by atoms with Gasteiger partial charge in [0.15, 0.2) is 5.58 Å². The molecule has 0 N–H and O–H groups in total. The number of aryl methyl sites for hydroxylation is 1. The van der Waals surface area contributed by atoms with Crippen molar-refractivity contribution < 1.29 is 14.0 Å². The van der Waals surface area contributed by atoms with Gasteiger partial charge in [-0.1, -0.05) is 43.7 Å². The van der Waals surface area contributed by atoms with Crippen LogP contribution in [0.3, 0.4) is 0 Å². The first-order valence-corrected chi connectivity index (χ1v) is 7.45. The fraction of sp³-hybridized carbons (Fsp3) is 0.278. The van der Waals surface area contributed by atoms with Gasteiger partial charge in [0, 0.05) is 5.56 Å². The monoisotopic (exact) mass is 297 g/mol. The lowest BCUT2D eigenvalue weighted by atomic mass is 10.1. The molecule has 0 saturated heterocycles. The van der Waals surface area contributed by atoms with Gasteiger partial charge in [-0.15, -0.1) is 0 Å². The van der Waals surface area contributed by atoms with E-state index < -0.39 is 0 Å². The molecule has 1 heterocycles. The van der Waals surface area contributed by atoms with E-state index in [1.54, 1.807) is 7.11 Å². The molecule has 0 atom stereocenters. The van der Waals surface area contributed by atoms with E-state index in [1.165, 1.54) is 0 Å². The van der Waals surface area contributed by atoms with Crippen LogP contribution >= 0.6 is 0 Å². The lowest BCUT2D eigenvalue weighted by Gasteiger charge is -2.11. The van der Waals surface area contributed by atoms with E-state index >= 15 is 0 Å². The summed E-state index contributed by atoms with van der Waals surface area (Å²) in [6, 6.07) is 14.0. The Balaban J connectivity index is 1.93. The molecule has 3 aromatic rings. The Bertz CT molecular complexity index is 750. The summed E-state index contributed by atoms with van der Waals surface area (Å²) in [6.07, 6.45) is 1.88. The van der Waals surface area contributed by atoms with Crippen molar-refractivity contribution in [2.45, 2.75) is 26.4 Å². The molecule has 3 rings (SSSR count). The fourth-order valence-electron chi connectivity index (χ4n) is 2.52. The van der Waals surface area contributed by atoms with Crippen LogP contribution in [0.1, 0.15) is 24.5 Å². The summed E-state index contributed by atoms with van der Waals surface area (Å²) in [5, 5.41) is 4.85. The van der Waals surface area contributed by atoms with Gasteiger partial charge in [-0.3, -0.25) is 0 Å². The molecule has 0 amide bonds. The average Bonchev–Trinajstić information content (AvgIpc) is 2.98. The molecule has 0 saturated carbocycles. The first kappa shape index (κ1) is 14.4. The van der Waals surface area contributed by atoms with Gasteiger partial charge < -0.3 is 14.0 Å².